The molecule has 2 nitrogen and oxygen atoms in total. The van der Waals surface area contributed by atoms with E-state index in [9.17, 15) is 0 Å². The third-order valence-corrected chi connectivity index (χ3v) is 2.72. The van der Waals surface area contributed by atoms with Crippen LogP contribution in [0.2, 0.25) is 0 Å². The van der Waals surface area contributed by atoms with Crippen LogP contribution in [0.1, 0.15) is 37.9 Å². The Morgan fingerprint density at radius 2 is 1.87 bits per heavy atom. The molecule has 0 aliphatic rings. The zero-order valence-electron chi connectivity index (χ0n) is 10.3. The highest BCUT2D eigenvalue weighted by atomic mass is 16.5. The van der Waals surface area contributed by atoms with Crippen LogP contribution in [0.4, 0.5) is 0 Å². The van der Waals surface area contributed by atoms with E-state index in [2.05, 4.69) is 32.9 Å². The maximum Gasteiger partial charge on any atom is 0.122 e. The summed E-state index contributed by atoms with van der Waals surface area (Å²) in [5, 5.41) is 0. The second-order valence-corrected chi connectivity index (χ2v) is 5.07. The third-order valence-electron chi connectivity index (χ3n) is 2.72. The summed E-state index contributed by atoms with van der Waals surface area (Å²) < 4.78 is 5.29. The molecule has 1 aromatic carbocycles. The molecule has 0 saturated carbocycles. The number of hydrogen-bond acceptors (Lipinski definition) is 2. The van der Waals surface area contributed by atoms with Crippen molar-refractivity contribution in [1.29, 1.82) is 0 Å². The highest BCUT2D eigenvalue weighted by Crippen LogP contribution is 2.32. The van der Waals surface area contributed by atoms with Crippen LogP contribution in [0.25, 0.3) is 0 Å². The summed E-state index contributed by atoms with van der Waals surface area (Å²) in [6.45, 7) is 8.46. The van der Waals surface area contributed by atoms with Crippen molar-refractivity contribution in [3.05, 3.63) is 29.3 Å². The SMILES string of the molecule is COc1cc([C@H](N)C(C)(C)C)ccc1C. The van der Waals surface area contributed by atoms with Gasteiger partial charge < -0.3 is 10.5 Å². The second kappa shape index (κ2) is 4.23. The summed E-state index contributed by atoms with van der Waals surface area (Å²) in [6, 6.07) is 6.20. The van der Waals surface area contributed by atoms with Gasteiger partial charge in [-0.05, 0) is 29.5 Å². The van der Waals surface area contributed by atoms with E-state index < -0.39 is 0 Å². The average molecular weight is 207 g/mol. The van der Waals surface area contributed by atoms with Gasteiger partial charge in [-0.1, -0.05) is 32.9 Å². The van der Waals surface area contributed by atoms with Gasteiger partial charge in [-0.15, -0.1) is 0 Å². The molecule has 1 aromatic rings. The van der Waals surface area contributed by atoms with Crippen molar-refractivity contribution in [3.63, 3.8) is 0 Å². The maximum atomic E-state index is 6.19. The van der Waals surface area contributed by atoms with Crippen LogP contribution in [-0.4, -0.2) is 7.11 Å². The van der Waals surface area contributed by atoms with Gasteiger partial charge in [0.05, 0.1) is 7.11 Å². The normalized spacial score (nSPS) is 13.7. The minimum atomic E-state index is 0.0343. The van der Waals surface area contributed by atoms with Crippen LogP contribution in [0.15, 0.2) is 18.2 Å². The molecule has 1 rings (SSSR count). The molecule has 0 spiro atoms. The molecule has 0 heterocycles. The molecule has 0 aliphatic heterocycles. The summed E-state index contributed by atoms with van der Waals surface area (Å²) in [6.07, 6.45) is 0. The fourth-order valence-electron chi connectivity index (χ4n) is 1.53. The topological polar surface area (TPSA) is 35.2 Å². The average Bonchev–Trinajstić information content (AvgIpc) is 2.16. The number of aryl methyl sites for hydroxylation is 1. The van der Waals surface area contributed by atoms with Gasteiger partial charge in [-0.2, -0.15) is 0 Å². The first-order valence-corrected chi connectivity index (χ1v) is 5.26. The zero-order chi connectivity index (χ0) is 11.6. The first-order valence-electron chi connectivity index (χ1n) is 5.26. The lowest BCUT2D eigenvalue weighted by atomic mass is 9.83. The Morgan fingerprint density at radius 1 is 1.27 bits per heavy atom. The molecule has 0 amide bonds. The van der Waals surface area contributed by atoms with Gasteiger partial charge in [-0.3, -0.25) is 0 Å². The van der Waals surface area contributed by atoms with Crippen LogP contribution in [-0.2, 0) is 0 Å². The fourth-order valence-corrected chi connectivity index (χ4v) is 1.53. The summed E-state index contributed by atoms with van der Waals surface area (Å²) in [5.74, 6) is 0.909. The first-order chi connectivity index (χ1) is 6.86. The Labute approximate surface area is 92.4 Å². The third kappa shape index (κ3) is 2.72. The molecule has 0 radical (unpaired) electrons. The van der Waals surface area contributed by atoms with Gasteiger partial charge in [0.2, 0.25) is 0 Å². The van der Waals surface area contributed by atoms with E-state index >= 15 is 0 Å². The molecule has 1 atom stereocenters. The van der Waals surface area contributed by atoms with Crippen molar-refractivity contribution in [2.24, 2.45) is 11.1 Å². The molecule has 0 aliphatic carbocycles. The van der Waals surface area contributed by atoms with Gasteiger partial charge >= 0.3 is 0 Å². The number of hydrogen-bond donors (Lipinski definition) is 1. The lowest BCUT2D eigenvalue weighted by Gasteiger charge is -2.27. The largest absolute Gasteiger partial charge is 0.496 e. The molecule has 0 saturated heterocycles. The monoisotopic (exact) mass is 207 g/mol. The van der Waals surface area contributed by atoms with Gasteiger partial charge in [0.1, 0.15) is 5.75 Å². The number of nitrogens with two attached hydrogens (primary N) is 1. The number of rotatable bonds is 2. The van der Waals surface area contributed by atoms with Crippen molar-refractivity contribution in [1.82, 2.24) is 0 Å². The first kappa shape index (κ1) is 12.1. The number of benzene rings is 1. The van der Waals surface area contributed by atoms with Gasteiger partial charge in [0.25, 0.3) is 0 Å². The van der Waals surface area contributed by atoms with Crippen molar-refractivity contribution in [2.75, 3.05) is 7.11 Å². The molecule has 2 N–H and O–H groups in total. The minimum Gasteiger partial charge on any atom is -0.496 e. The lowest BCUT2D eigenvalue weighted by Crippen LogP contribution is -2.26. The molecular weight excluding hydrogens is 186 g/mol. The van der Waals surface area contributed by atoms with Crippen LogP contribution >= 0.6 is 0 Å². The predicted molar refractivity (Wildman–Crippen MR) is 64.1 cm³/mol. The van der Waals surface area contributed by atoms with Crippen LogP contribution in [0, 0.1) is 12.3 Å². The van der Waals surface area contributed by atoms with Crippen LogP contribution < -0.4 is 10.5 Å². The zero-order valence-corrected chi connectivity index (χ0v) is 10.3. The van der Waals surface area contributed by atoms with Crippen molar-refractivity contribution in [3.8, 4) is 5.75 Å². The maximum absolute atomic E-state index is 6.19. The quantitative estimate of drug-likeness (QED) is 0.809. The van der Waals surface area contributed by atoms with E-state index in [0.29, 0.717) is 0 Å². The Morgan fingerprint density at radius 3 is 2.33 bits per heavy atom. The van der Waals surface area contributed by atoms with Crippen molar-refractivity contribution < 1.29 is 4.74 Å². The Kier molecular flexibility index (Phi) is 3.40. The molecule has 0 fully saturated rings. The Hall–Kier alpha value is -1.02. The summed E-state index contributed by atoms with van der Waals surface area (Å²) in [4.78, 5) is 0. The summed E-state index contributed by atoms with van der Waals surface area (Å²) in [5.41, 5.74) is 8.53. The number of ether oxygens (including phenoxy) is 1. The Balaban J connectivity index is 3.06. The highest BCUT2D eigenvalue weighted by Gasteiger charge is 2.22. The highest BCUT2D eigenvalue weighted by molar-refractivity contribution is 5.38. The molecular formula is C13H21NO. The fraction of sp³-hybridized carbons (Fsp3) is 0.538. The van der Waals surface area contributed by atoms with Gasteiger partial charge in [0.15, 0.2) is 0 Å². The smallest absolute Gasteiger partial charge is 0.122 e. The lowest BCUT2D eigenvalue weighted by molar-refractivity contribution is 0.325. The van der Waals surface area contributed by atoms with Crippen molar-refractivity contribution >= 4 is 0 Å². The minimum absolute atomic E-state index is 0.0343. The molecule has 0 aromatic heterocycles. The van der Waals surface area contributed by atoms with E-state index in [4.69, 9.17) is 10.5 Å². The summed E-state index contributed by atoms with van der Waals surface area (Å²) in [7, 11) is 1.69. The molecule has 2 heteroatoms. The van der Waals surface area contributed by atoms with E-state index in [1.807, 2.05) is 13.0 Å². The molecule has 84 valence electrons. The standard InChI is InChI=1S/C13H21NO/c1-9-6-7-10(8-11(9)15-5)12(14)13(2,3)4/h6-8,12H,14H2,1-5H3/t12-/m0/s1. The van der Waals surface area contributed by atoms with Gasteiger partial charge in [-0.25, -0.2) is 0 Å². The van der Waals surface area contributed by atoms with Crippen LogP contribution in [0.5, 0.6) is 5.75 Å². The Bertz CT molecular complexity index is 339. The molecule has 0 unspecified atom stereocenters. The molecule has 0 bridgehead atoms. The van der Waals surface area contributed by atoms with Crippen LogP contribution in [0.3, 0.4) is 0 Å². The number of methoxy groups -OCH3 is 1. The van der Waals surface area contributed by atoms with Crippen molar-refractivity contribution in [2.45, 2.75) is 33.7 Å². The van der Waals surface area contributed by atoms with E-state index in [1.54, 1.807) is 7.11 Å². The van der Waals surface area contributed by atoms with E-state index in [0.717, 1.165) is 16.9 Å². The summed E-state index contributed by atoms with van der Waals surface area (Å²) >= 11 is 0. The van der Waals surface area contributed by atoms with Gasteiger partial charge in [0, 0.05) is 6.04 Å². The second-order valence-electron chi connectivity index (χ2n) is 5.07. The predicted octanol–water partition coefficient (Wildman–Crippen LogP) is 3.05. The van der Waals surface area contributed by atoms with E-state index in [-0.39, 0.29) is 11.5 Å². The molecule has 15 heavy (non-hydrogen) atoms. The van der Waals surface area contributed by atoms with E-state index in [1.165, 1.54) is 0 Å².